The van der Waals surface area contributed by atoms with Crippen molar-refractivity contribution < 1.29 is 0 Å². The highest BCUT2D eigenvalue weighted by molar-refractivity contribution is 6.22. The number of hydrogen-bond donors (Lipinski definition) is 0. The molecule has 0 heteroatoms. The molecule has 0 saturated heterocycles. The lowest BCUT2D eigenvalue weighted by Gasteiger charge is -2.19. The third-order valence-corrected chi connectivity index (χ3v) is 9.18. The topological polar surface area (TPSA) is 0 Å². The van der Waals surface area contributed by atoms with Gasteiger partial charge in [-0.15, -0.1) is 0 Å². The second kappa shape index (κ2) is 9.93. The zero-order valence-electron chi connectivity index (χ0n) is 24.2. The molecule has 9 aromatic rings. The van der Waals surface area contributed by atoms with Crippen LogP contribution < -0.4 is 0 Å². The van der Waals surface area contributed by atoms with Crippen molar-refractivity contribution in [2.24, 2.45) is 0 Å². The van der Waals surface area contributed by atoms with Crippen LogP contribution in [0.1, 0.15) is 0 Å². The van der Waals surface area contributed by atoms with Gasteiger partial charge in [0.2, 0.25) is 0 Å². The molecule has 0 aliphatic heterocycles. The number of fused-ring (bicyclic) bond motifs is 6. The molecule has 9 aromatic carbocycles. The summed E-state index contributed by atoms with van der Waals surface area (Å²) in [7, 11) is 0. The fourth-order valence-electron chi connectivity index (χ4n) is 7.12. The molecule has 204 valence electrons. The summed E-state index contributed by atoms with van der Waals surface area (Å²) in [5, 5.41) is 12.8. The van der Waals surface area contributed by atoms with E-state index in [1.807, 2.05) is 0 Å². The minimum Gasteiger partial charge on any atom is -0.0622 e. The van der Waals surface area contributed by atoms with Crippen LogP contribution in [-0.4, -0.2) is 0 Å². The molecular formula is C44H28. The smallest absolute Gasteiger partial charge is 0.00262 e. The van der Waals surface area contributed by atoms with Gasteiger partial charge in [0.1, 0.15) is 0 Å². The van der Waals surface area contributed by atoms with Crippen molar-refractivity contribution in [2.45, 2.75) is 0 Å². The summed E-state index contributed by atoms with van der Waals surface area (Å²) >= 11 is 0. The normalized spacial score (nSPS) is 11.6. The van der Waals surface area contributed by atoms with Gasteiger partial charge in [0.15, 0.2) is 0 Å². The molecule has 0 bridgehead atoms. The average molecular weight is 557 g/mol. The Morgan fingerprint density at radius 1 is 0.205 bits per heavy atom. The van der Waals surface area contributed by atoms with Crippen LogP contribution in [0.5, 0.6) is 0 Å². The van der Waals surface area contributed by atoms with Gasteiger partial charge in [-0.3, -0.25) is 0 Å². The van der Waals surface area contributed by atoms with E-state index in [0.717, 1.165) is 0 Å². The summed E-state index contributed by atoms with van der Waals surface area (Å²) < 4.78 is 0. The van der Waals surface area contributed by atoms with E-state index in [2.05, 4.69) is 170 Å². The molecule has 0 heterocycles. The zero-order valence-corrected chi connectivity index (χ0v) is 24.2. The summed E-state index contributed by atoms with van der Waals surface area (Å²) in [4.78, 5) is 0. The van der Waals surface area contributed by atoms with Crippen LogP contribution in [0.15, 0.2) is 170 Å². The minimum absolute atomic E-state index is 1.23. The van der Waals surface area contributed by atoms with E-state index in [0.29, 0.717) is 0 Å². The molecule has 0 N–H and O–H groups in total. The molecule has 0 spiro atoms. The maximum Gasteiger partial charge on any atom is -0.00262 e. The lowest BCUT2D eigenvalue weighted by molar-refractivity contribution is 1.64. The summed E-state index contributed by atoms with van der Waals surface area (Å²) in [5.74, 6) is 0. The van der Waals surface area contributed by atoms with Crippen molar-refractivity contribution >= 4 is 53.9 Å². The SMILES string of the molecule is c1ccc(-c2c3ccccc3c(-c3ccccc3)c3cc(-c4ccc5cc6ccc7ccccc7c6cc5c4)ccc23)cc1. The van der Waals surface area contributed by atoms with Gasteiger partial charge < -0.3 is 0 Å². The summed E-state index contributed by atoms with van der Waals surface area (Å²) in [6.45, 7) is 0. The number of hydrogen-bond acceptors (Lipinski definition) is 0. The maximum absolute atomic E-state index is 2.41. The zero-order chi connectivity index (χ0) is 29.0. The van der Waals surface area contributed by atoms with Gasteiger partial charge in [0.25, 0.3) is 0 Å². The molecule has 44 heavy (non-hydrogen) atoms. The van der Waals surface area contributed by atoms with Crippen LogP contribution in [0, 0.1) is 0 Å². The fourth-order valence-corrected chi connectivity index (χ4v) is 7.12. The Balaban J connectivity index is 1.33. The summed E-state index contributed by atoms with van der Waals surface area (Å²) in [6.07, 6.45) is 0. The lowest BCUT2D eigenvalue weighted by atomic mass is 9.85. The van der Waals surface area contributed by atoms with Crippen molar-refractivity contribution in [3.8, 4) is 33.4 Å². The Hall–Kier alpha value is -5.72. The maximum atomic E-state index is 2.41. The van der Waals surface area contributed by atoms with Crippen LogP contribution in [0.4, 0.5) is 0 Å². The molecule has 0 atom stereocenters. The van der Waals surface area contributed by atoms with Gasteiger partial charge >= 0.3 is 0 Å². The Bertz CT molecular complexity index is 2520. The van der Waals surface area contributed by atoms with Crippen LogP contribution in [0.25, 0.3) is 87.2 Å². The second-order valence-corrected chi connectivity index (χ2v) is 11.7. The van der Waals surface area contributed by atoms with Crippen LogP contribution in [0.2, 0.25) is 0 Å². The molecule has 0 aliphatic carbocycles. The monoisotopic (exact) mass is 556 g/mol. The molecule has 0 fully saturated rings. The van der Waals surface area contributed by atoms with E-state index in [1.165, 1.54) is 87.2 Å². The van der Waals surface area contributed by atoms with Crippen LogP contribution in [-0.2, 0) is 0 Å². The van der Waals surface area contributed by atoms with Gasteiger partial charge in [0.05, 0.1) is 0 Å². The van der Waals surface area contributed by atoms with E-state index >= 15 is 0 Å². The molecule has 9 rings (SSSR count). The Kier molecular flexibility index (Phi) is 5.61. The first-order valence-corrected chi connectivity index (χ1v) is 15.3. The molecule has 0 unspecified atom stereocenters. The third kappa shape index (κ3) is 3.92. The lowest BCUT2D eigenvalue weighted by Crippen LogP contribution is -1.91. The van der Waals surface area contributed by atoms with Crippen molar-refractivity contribution in [1.29, 1.82) is 0 Å². The largest absolute Gasteiger partial charge is 0.0622 e. The van der Waals surface area contributed by atoms with E-state index < -0.39 is 0 Å². The highest BCUT2D eigenvalue weighted by Crippen LogP contribution is 2.45. The number of benzene rings is 9. The van der Waals surface area contributed by atoms with Crippen LogP contribution >= 0.6 is 0 Å². The number of rotatable bonds is 3. The Morgan fingerprint density at radius 2 is 0.727 bits per heavy atom. The molecule has 0 aliphatic rings. The van der Waals surface area contributed by atoms with Gasteiger partial charge in [-0.2, -0.15) is 0 Å². The Morgan fingerprint density at radius 3 is 1.45 bits per heavy atom. The van der Waals surface area contributed by atoms with E-state index in [9.17, 15) is 0 Å². The molecule has 0 amide bonds. The first-order valence-electron chi connectivity index (χ1n) is 15.3. The average Bonchev–Trinajstić information content (AvgIpc) is 3.10. The molecular weight excluding hydrogens is 528 g/mol. The molecule has 0 nitrogen and oxygen atoms in total. The first-order chi connectivity index (χ1) is 21.8. The minimum atomic E-state index is 1.23. The fraction of sp³-hybridized carbons (Fsp3) is 0. The van der Waals surface area contributed by atoms with Crippen molar-refractivity contribution in [2.75, 3.05) is 0 Å². The van der Waals surface area contributed by atoms with E-state index in [4.69, 9.17) is 0 Å². The van der Waals surface area contributed by atoms with Gasteiger partial charge in [-0.1, -0.05) is 146 Å². The van der Waals surface area contributed by atoms with Gasteiger partial charge in [-0.05, 0) is 112 Å². The van der Waals surface area contributed by atoms with Crippen molar-refractivity contribution in [3.63, 3.8) is 0 Å². The van der Waals surface area contributed by atoms with Gasteiger partial charge in [0, 0.05) is 0 Å². The Labute approximate surface area is 256 Å². The standard InChI is InChI=1S/C44H28/c1-3-12-30(13-4-1)43-38-17-9-10-18-39(38)44(31-14-5-2-6-15-31)42-27-34(23-24-40(42)43)32-20-21-33-25-35-22-19-29-11-7-8-16-37(29)41(35)28-36(33)26-32/h1-28H. The van der Waals surface area contributed by atoms with E-state index in [1.54, 1.807) is 0 Å². The van der Waals surface area contributed by atoms with Crippen LogP contribution in [0.3, 0.4) is 0 Å². The van der Waals surface area contributed by atoms with Crippen molar-refractivity contribution in [1.82, 2.24) is 0 Å². The van der Waals surface area contributed by atoms with Crippen molar-refractivity contribution in [3.05, 3.63) is 170 Å². The quantitative estimate of drug-likeness (QED) is 0.150. The van der Waals surface area contributed by atoms with Gasteiger partial charge in [-0.25, -0.2) is 0 Å². The summed E-state index contributed by atoms with van der Waals surface area (Å²) in [5.41, 5.74) is 7.51. The third-order valence-electron chi connectivity index (χ3n) is 9.18. The first kappa shape index (κ1) is 24.8. The molecule has 0 saturated carbocycles. The second-order valence-electron chi connectivity index (χ2n) is 11.7. The highest BCUT2D eigenvalue weighted by atomic mass is 14.2. The molecule has 0 aromatic heterocycles. The predicted octanol–water partition coefficient (Wildman–Crippen LogP) is 12.5. The van der Waals surface area contributed by atoms with E-state index in [-0.39, 0.29) is 0 Å². The highest BCUT2D eigenvalue weighted by Gasteiger charge is 2.17. The summed E-state index contributed by atoms with van der Waals surface area (Å²) in [6, 6.07) is 62.4. The molecule has 0 radical (unpaired) electrons. The predicted molar refractivity (Wildman–Crippen MR) is 190 cm³/mol.